The molecule has 1 heterocycles. The van der Waals surface area contributed by atoms with Gasteiger partial charge in [-0.25, -0.2) is 0 Å². The molecule has 1 aliphatic carbocycles. The summed E-state index contributed by atoms with van der Waals surface area (Å²) < 4.78 is 0. The molecule has 98 valence electrons. The highest BCUT2D eigenvalue weighted by Crippen LogP contribution is 2.36. The van der Waals surface area contributed by atoms with Crippen molar-refractivity contribution >= 4 is 11.6 Å². The van der Waals surface area contributed by atoms with Crippen LogP contribution in [-0.2, 0) is 0 Å². The first kappa shape index (κ1) is 12.6. The average molecular weight is 273 g/mol. The second-order valence-electron chi connectivity index (χ2n) is 5.18. The predicted octanol–water partition coefficient (Wildman–Crippen LogP) is 4.84. The zero-order valence-electron chi connectivity index (χ0n) is 10.8. The number of halogens is 1. The first-order chi connectivity index (χ1) is 9.34. The third kappa shape index (κ3) is 2.79. The van der Waals surface area contributed by atoms with Gasteiger partial charge in [-0.15, -0.1) is 10.2 Å². The summed E-state index contributed by atoms with van der Waals surface area (Å²) in [7, 11) is 0. The molecule has 1 aromatic heterocycles. The Hall–Kier alpha value is -1.41. The van der Waals surface area contributed by atoms with Gasteiger partial charge in [0.2, 0.25) is 0 Å². The molecule has 1 fully saturated rings. The van der Waals surface area contributed by atoms with Crippen LogP contribution in [0.25, 0.3) is 11.3 Å². The van der Waals surface area contributed by atoms with E-state index in [0.29, 0.717) is 11.1 Å². The lowest BCUT2D eigenvalue weighted by Gasteiger charge is -2.22. The van der Waals surface area contributed by atoms with E-state index in [9.17, 15) is 0 Å². The molecule has 2 nitrogen and oxygen atoms in total. The maximum Gasteiger partial charge on any atom is 0.155 e. The van der Waals surface area contributed by atoms with Crippen molar-refractivity contribution in [3.05, 3.63) is 47.1 Å². The van der Waals surface area contributed by atoms with Gasteiger partial charge in [0.25, 0.3) is 0 Å². The number of aromatic nitrogens is 2. The van der Waals surface area contributed by atoms with Crippen LogP contribution in [0.3, 0.4) is 0 Å². The summed E-state index contributed by atoms with van der Waals surface area (Å²) in [4.78, 5) is 0. The van der Waals surface area contributed by atoms with E-state index in [4.69, 9.17) is 11.6 Å². The Labute approximate surface area is 118 Å². The van der Waals surface area contributed by atoms with Crippen molar-refractivity contribution in [3.8, 4) is 11.3 Å². The van der Waals surface area contributed by atoms with E-state index < -0.39 is 0 Å². The maximum atomic E-state index is 6.24. The highest BCUT2D eigenvalue weighted by Gasteiger charge is 2.19. The van der Waals surface area contributed by atoms with Crippen LogP contribution < -0.4 is 0 Å². The van der Waals surface area contributed by atoms with E-state index in [2.05, 4.69) is 28.4 Å². The SMILES string of the molecule is Clc1nnc(-c2ccccc2)cc1C1CCCCC1. The van der Waals surface area contributed by atoms with Gasteiger partial charge >= 0.3 is 0 Å². The number of benzene rings is 1. The fourth-order valence-corrected chi connectivity index (χ4v) is 3.09. The molecule has 3 rings (SSSR count). The molecule has 1 aliphatic rings. The monoisotopic (exact) mass is 272 g/mol. The Balaban J connectivity index is 1.96. The molecular formula is C16H17ClN2. The minimum Gasteiger partial charge on any atom is -0.149 e. The maximum absolute atomic E-state index is 6.24. The normalized spacial score (nSPS) is 16.5. The predicted molar refractivity (Wildman–Crippen MR) is 78.3 cm³/mol. The van der Waals surface area contributed by atoms with Crippen LogP contribution in [-0.4, -0.2) is 10.2 Å². The quantitative estimate of drug-likeness (QED) is 0.781. The first-order valence-electron chi connectivity index (χ1n) is 6.93. The second-order valence-corrected chi connectivity index (χ2v) is 5.53. The fourth-order valence-electron chi connectivity index (χ4n) is 2.84. The summed E-state index contributed by atoms with van der Waals surface area (Å²) in [6.07, 6.45) is 6.38. The summed E-state index contributed by atoms with van der Waals surface area (Å²) >= 11 is 6.24. The van der Waals surface area contributed by atoms with Gasteiger partial charge in [0.05, 0.1) is 5.69 Å². The molecule has 0 N–H and O–H groups in total. The summed E-state index contributed by atoms with van der Waals surface area (Å²) in [5, 5.41) is 8.94. The largest absolute Gasteiger partial charge is 0.155 e. The highest BCUT2D eigenvalue weighted by molar-refractivity contribution is 6.30. The number of rotatable bonds is 2. The van der Waals surface area contributed by atoms with Crippen molar-refractivity contribution in [2.75, 3.05) is 0 Å². The zero-order valence-corrected chi connectivity index (χ0v) is 11.6. The molecule has 0 aliphatic heterocycles. The van der Waals surface area contributed by atoms with Crippen LogP contribution in [0.2, 0.25) is 5.15 Å². The lowest BCUT2D eigenvalue weighted by atomic mass is 9.84. The lowest BCUT2D eigenvalue weighted by molar-refractivity contribution is 0.442. The number of hydrogen-bond donors (Lipinski definition) is 0. The minimum absolute atomic E-state index is 0.555. The molecule has 1 saturated carbocycles. The van der Waals surface area contributed by atoms with Gasteiger partial charge in [-0.05, 0) is 30.4 Å². The highest BCUT2D eigenvalue weighted by atomic mass is 35.5. The van der Waals surface area contributed by atoms with E-state index in [0.717, 1.165) is 11.3 Å². The van der Waals surface area contributed by atoms with Crippen LogP contribution in [0.1, 0.15) is 43.6 Å². The summed E-state index contributed by atoms with van der Waals surface area (Å²) in [5.74, 6) is 0.555. The van der Waals surface area contributed by atoms with E-state index in [1.165, 1.54) is 37.7 Å². The Kier molecular flexibility index (Phi) is 3.79. The van der Waals surface area contributed by atoms with Gasteiger partial charge in [-0.2, -0.15) is 0 Å². The van der Waals surface area contributed by atoms with E-state index in [-0.39, 0.29) is 0 Å². The molecule has 0 spiro atoms. The number of hydrogen-bond acceptors (Lipinski definition) is 2. The van der Waals surface area contributed by atoms with Crippen LogP contribution in [0.15, 0.2) is 36.4 Å². The van der Waals surface area contributed by atoms with Gasteiger partial charge < -0.3 is 0 Å². The molecule has 0 unspecified atom stereocenters. The summed E-state index contributed by atoms with van der Waals surface area (Å²) in [6, 6.07) is 12.3. The second kappa shape index (κ2) is 5.70. The van der Waals surface area contributed by atoms with Gasteiger partial charge in [0.15, 0.2) is 5.15 Å². The summed E-state index contributed by atoms with van der Waals surface area (Å²) in [5.41, 5.74) is 3.20. The van der Waals surface area contributed by atoms with Crippen molar-refractivity contribution < 1.29 is 0 Å². The Morgan fingerprint density at radius 1 is 0.947 bits per heavy atom. The minimum atomic E-state index is 0.555. The number of nitrogens with zero attached hydrogens (tertiary/aromatic N) is 2. The van der Waals surface area contributed by atoms with Gasteiger partial charge in [-0.3, -0.25) is 0 Å². The molecule has 0 amide bonds. The Bertz CT molecular complexity index is 548. The van der Waals surface area contributed by atoms with Crippen LogP contribution >= 0.6 is 11.6 Å². The summed E-state index contributed by atoms with van der Waals surface area (Å²) in [6.45, 7) is 0. The molecule has 2 aromatic rings. The van der Waals surface area contributed by atoms with Crippen LogP contribution in [0.5, 0.6) is 0 Å². The van der Waals surface area contributed by atoms with Gasteiger partial charge in [0.1, 0.15) is 0 Å². The van der Waals surface area contributed by atoms with Gasteiger partial charge in [0, 0.05) is 5.56 Å². The van der Waals surface area contributed by atoms with E-state index in [1.54, 1.807) is 0 Å². The first-order valence-corrected chi connectivity index (χ1v) is 7.31. The standard InChI is InChI=1S/C16H17ClN2/c17-16-14(12-7-3-1-4-8-12)11-15(18-19-16)13-9-5-2-6-10-13/h2,5-6,9-12H,1,3-4,7-8H2. The van der Waals surface area contributed by atoms with E-state index >= 15 is 0 Å². The van der Waals surface area contributed by atoms with Crippen molar-refractivity contribution in [1.82, 2.24) is 10.2 Å². The lowest BCUT2D eigenvalue weighted by Crippen LogP contribution is -2.07. The van der Waals surface area contributed by atoms with Crippen molar-refractivity contribution in [2.45, 2.75) is 38.0 Å². The fraction of sp³-hybridized carbons (Fsp3) is 0.375. The molecule has 3 heteroatoms. The molecular weight excluding hydrogens is 256 g/mol. The Morgan fingerprint density at radius 2 is 1.68 bits per heavy atom. The molecule has 0 saturated heterocycles. The third-order valence-corrected chi connectivity index (χ3v) is 4.18. The van der Waals surface area contributed by atoms with Crippen LogP contribution in [0, 0.1) is 0 Å². The van der Waals surface area contributed by atoms with Crippen molar-refractivity contribution in [3.63, 3.8) is 0 Å². The van der Waals surface area contributed by atoms with Crippen LogP contribution in [0.4, 0.5) is 0 Å². The topological polar surface area (TPSA) is 25.8 Å². The molecule has 1 aromatic carbocycles. The smallest absolute Gasteiger partial charge is 0.149 e. The third-order valence-electron chi connectivity index (χ3n) is 3.89. The Morgan fingerprint density at radius 3 is 2.42 bits per heavy atom. The molecule has 0 radical (unpaired) electrons. The van der Waals surface area contributed by atoms with Gasteiger partial charge in [-0.1, -0.05) is 61.2 Å². The molecule has 0 atom stereocenters. The molecule has 0 bridgehead atoms. The van der Waals surface area contributed by atoms with E-state index in [1.807, 2.05) is 18.2 Å². The zero-order chi connectivity index (χ0) is 13.1. The van der Waals surface area contributed by atoms with Crippen molar-refractivity contribution in [1.29, 1.82) is 0 Å². The van der Waals surface area contributed by atoms with Crippen molar-refractivity contribution in [2.24, 2.45) is 0 Å². The average Bonchev–Trinajstić information content (AvgIpc) is 2.49. The molecule has 19 heavy (non-hydrogen) atoms.